The highest BCUT2D eigenvalue weighted by Gasteiger charge is 2.11. The first-order valence-electron chi connectivity index (χ1n) is 5.89. The Balaban J connectivity index is 1.69. The number of hydrogen-bond donors (Lipinski definition) is 2. The van der Waals surface area contributed by atoms with Crippen molar-refractivity contribution in [1.29, 1.82) is 0 Å². The monoisotopic (exact) mass is 283 g/mol. The van der Waals surface area contributed by atoms with E-state index in [-0.39, 0.29) is 0 Å². The topological polar surface area (TPSA) is 37.0 Å². The van der Waals surface area contributed by atoms with E-state index in [9.17, 15) is 0 Å². The molecule has 0 unspecified atom stereocenters. The van der Waals surface area contributed by atoms with Crippen LogP contribution in [0.3, 0.4) is 0 Å². The zero-order valence-electron chi connectivity index (χ0n) is 9.38. The molecule has 2 rings (SSSR count). The second kappa shape index (κ2) is 6.33. The van der Waals surface area contributed by atoms with Crippen molar-refractivity contribution in [3.05, 3.63) is 28.5 Å². The minimum absolute atomic E-state index is 0.650. The second-order valence-electron chi connectivity index (χ2n) is 4.27. The van der Waals surface area contributed by atoms with Crippen molar-refractivity contribution in [3.8, 4) is 0 Å². The molecular weight excluding hydrogens is 266 g/mol. The molecule has 4 heteroatoms. The van der Waals surface area contributed by atoms with Gasteiger partial charge in [0.25, 0.3) is 0 Å². The summed E-state index contributed by atoms with van der Waals surface area (Å²) in [6.07, 6.45) is 5.89. The zero-order chi connectivity index (χ0) is 11.2. The summed E-state index contributed by atoms with van der Waals surface area (Å²) in [5, 5.41) is 7.00. The normalized spacial score (nSPS) is 20.9. The largest absolute Gasteiger partial charge is 0.313 e. The third-order valence-electron chi connectivity index (χ3n) is 2.92. The van der Waals surface area contributed by atoms with E-state index in [0.717, 1.165) is 17.7 Å². The fourth-order valence-electron chi connectivity index (χ4n) is 2.00. The van der Waals surface area contributed by atoms with Crippen molar-refractivity contribution in [2.24, 2.45) is 0 Å². The number of hydrogen-bond acceptors (Lipinski definition) is 3. The lowest BCUT2D eigenvalue weighted by atomic mass is 10.1. The molecule has 3 nitrogen and oxygen atoms in total. The molecule has 0 radical (unpaired) electrons. The van der Waals surface area contributed by atoms with E-state index in [1.165, 1.54) is 31.4 Å². The maximum atomic E-state index is 4.21. The van der Waals surface area contributed by atoms with Crippen LogP contribution in [0, 0.1) is 0 Å². The molecule has 0 saturated carbocycles. The van der Waals surface area contributed by atoms with Crippen LogP contribution in [0.1, 0.15) is 24.8 Å². The first-order valence-corrected chi connectivity index (χ1v) is 6.68. The van der Waals surface area contributed by atoms with Gasteiger partial charge in [0.15, 0.2) is 0 Å². The molecule has 0 amide bonds. The molecule has 0 aromatic carbocycles. The lowest BCUT2D eigenvalue weighted by Gasteiger charge is -2.23. The van der Waals surface area contributed by atoms with E-state index in [2.05, 4.69) is 37.6 Å². The number of nitrogens with one attached hydrogen (secondary N) is 2. The van der Waals surface area contributed by atoms with Gasteiger partial charge in [-0.3, -0.25) is 0 Å². The molecule has 88 valence electrons. The van der Waals surface area contributed by atoms with Gasteiger partial charge in [-0.25, -0.2) is 4.98 Å². The first kappa shape index (κ1) is 12.0. The maximum Gasteiger partial charge on any atom is 0.106 e. The summed E-state index contributed by atoms with van der Waals surface area (Å²) < 4.78 is 0.894. The van der Waals surface area contributed by atoms with Crippen molar-refractivity contribution in [3.63, 3.8) is 0 Å². The van der Waals surface area contributed by atoms with Crippen LogP contribution in [0.15, 0.2) is 22.9 Å². The van der Waals surface area contributed by atoms with Crippen LogP contribution in [0.2, 0.25) is 0 Å². The highest BCUT2D eigenvalue weighted by molar-refractivity contribution is 9.10. The summed E-state index contributed by atoms with van der Waals surface area (Å²) in [6.45, 7) is 3.13. The van der Waals surface area contributed by atoms with E-state index in [0.29, 0.717) is 6.04 Å². The minimum atomic E-state index is 0.650. The average Bonchev–Trinajstić information content (AvgIpc) is 2.33. The van der Waals surface area contributed by atoms with Crippen molar-refractivity contribution >= 4 is 15.9 Å². The number of halogens is 1. The Hall–Kier alpha value is -0.450. The van der Waals surface area contributed by atoms with E-state index in [1.807, 2.05) is 12.3 Å². The smallest absolute Gasteiger partial charge is 0.106 e. The van der Waals surface area contributed by atoms with E-state index >= 15 is 0 Å². The Morgan fingerprint density at radius 3 is 3.06 bits per heavy atom. The molecular formula is C12H18BrN3. The Labute approximate surface area is 105 Å². The number of rotatable bonds is 4. The van der Waals surface area contributed by atoms with Crippen molar-refractivity contribution < 1.29 is 0 Å². The quantitative estimate of drug-likeness (QED) is 0.831. The molecule has 0 bridgehead atoms. The molecule has 1 aromatic rings. The molecule has 0 spiro atoms. The molecule has 1 atom stereocenters. The number of nitrogens with zero attached hydrogens (tertiary/aromatic N) is 1. The Morgan fingerprint density at radius 1 is 1.44 bits per heavy atom. The predicted molar refractivity (Wildman–Crippen MR) is 69.3 cm³/mol. The van der Waals surface area contributed by atoms with Gasteiger partial charge >= 0.3 is 0 Å². The van der Waals surface area contributed by atoms with Crippen LogP contribution < -0.4 is 10.6 Å². The maximum absolute atomic E-state index is 4.21. The highest BCUT2D eigenvalue weighted by Crippen LogP contribution is 2.07. The van der Waals surface area contributed by atoms with E-state index < -0.39 is 0 Å². The van der Waals surface area contributed by atoms with Gasteiger partial charge in [-0.15, -0.1) is 0 Å². The van der Waals surface area contributed by atoms with Gasteiger partial charge < -0.3 is 10.6 Å². The van der Waals surface area contributed by atoms with Crippen molar-refractivity contribution in [2.45, 2.75) is 31.8 Å². The summed E-state index contributed by atoms with van der Waals surface area (Å²) in [7, 11) is 0. The van der Waals surface area contributed by atoms with Gasteiger partial charge in [0, 0.05) is 25.3 Å². The van der Waals surface area contributed by atoms with Crippen LogP contribution in [-0.4, -0.2) is 24.1 Å². The standard InChI is InChI=1S/C12H18BrN3/c13-12-5-4-10(8-16-12)7-14-9-11-3-1-2-6-15-11/h4-5,8,11,14-15H,1-3,6-7,9H2/t11-/m0/s1. The van der Waals surface area contributed by atoms with Crippen LogP contribution in [-0.2, 0) is 6.54 Å². The van der Waals surface area contributed by atoms with Crippen molar-refractivity contribution in [2.75, 3.05) is 13.1 Å². The van der Waals surface area contributed by atoms with Crippen LogP contribution in [0.25, 0.3) is 0 Å². The lowest BCUT2D eigenvalue weighted by molar-refractivity contribution is 0.383. The van der Waals surface area contributed by atoms with E-state index in [1.54, 1.807) is 0 Å². The van der Waals surface area contributed by atoms with Crippen LogP contribution in [0.5, 0.6) is 0 Å². The Kier molecular flexibility index (Phi) is 4.75. The number of pyridine rings is 1. The number of aromatic nitrogens is 1. The fraction of sp³-hybridized carbons (Fsp3) is 0.583. The third-order valence-corrected chi connectivity index (χ3v) is 3.39. The molecule has 0 aliphatic carbocycles. The van der Waals surface area contributed by atoms with Gasteiger partial charge in [-0.05, 0) is 46.9 Å². The predicted octanol–water partition coefficient (Wildman–Crippen LogP) is 2.08. The Morgan fingerprint density at radius 2 is 2.38 bits per heavy atom. The molecule has 1 aromatic heterocycles. The Bertz CT molecular complexity index is 307. The molecule has 16 heavy (non-hydrogen) atoms. The summed E-state index contributed by atoms with van der Waals surface area (Å²) >= 11 is 3.33. The fourth-order valence-corrected chi connectivity index (χ4v) is 2.23. The highest BCUT2D eigenvalue weighted by atomic mass is 79.9. The van der Waals surface area contributed by atoms with Crippen LogP contribution >= 0.6 is 15.9 Å². The molecule has 1 saturated heterocycles. The molecule has 1 aliphatic rings. The first-order chi connectivity index (χ1) is 7.84. The third kappa shape index (κ3) is 3.85. The SMILES string of the molecule is Brc1ccc(CNC[C@@H]2CCCCN2)cn1. The van der Waals surface area contributed by atoms with Gasteiger partial charge in [-0.1, -0.05) is 12.5 Å². The minimum Gasteiger partial charge on any atom is -0.313 e. The summed E-state index contributed by atoms with van der Waals surface area (Å²) in [6, 6.07) is 4.73. The van der Waals surface area contributed by atoms with Gasteiger partial charge in [-0.2, -0.15) is 0 Å². The van der Waals surface area contributed by atoms with Gasteiger partial charge in [0.05, 0.1) is 0 Å². The summed E-state index contributed by atoms with van der Waals surface area (Å²) in [5.74, 6) is 0. The van der Waals surface area contributed by atoms with E-state index in [4.69, 9.17) is 0 Å². The second-order valence-corrected chi connectivity index (χ2v) is 5.08. The number of piperidine rings is 1. The van der Waals surface area contributed by atoms with Gasteiger partial charge in [0.2, 0.25) is 0 Å². The van der Waals surface area contributed by atoms with Crippen LogP contribution in [0.4, 0.5) is 0 Å². The molecule has 2 heterocycles. The summed E-state index contributed by atoms with van der Waals surface area (Å²) in [5.41, 5.74) is 1.24. The zero-order valence-corrected chi connectivity index (χ0v) is 11.0. The van der Waals surface area contributed by atoms with Gasteiger partial charge in [0.1, 0.15) is 4.60 Å². The molecule has 1 aliphatic heterocycles. The average molecular weight is 284 g/mol. The van der Waals surface area contributed by atoms with Crippen molar-refractivity contribution in [1.82, 2.24) is 15.6 Å². The molecule has 2 N–H and O–H groups in total. The lowest BCUT2D eigenvalue weighted by Crippen LogP contribution is -2.41. The summed E-state index contributed by atoms with van der Waals surface area (Å²) in [4.78, 5) is 4.21. The molecule has 1 fully saturated rings.